The maximum Gasteiger partial charge on any atom is 0.249 e. The van der Waals surface area contributed by atoms with Gasteiger partial charge >= 0.3 is 0 Å². The summed E-state index contributed by atoms with van der Waals surface area (Å²) in [6.45, 7) is 0.928. The molecule has 0 aliphatic carbocycles. The van der Waals surface area contributed by atoms with Crippen LogP contribution in [0.3, 0.4) is 0 Å². The normalized spacial score (nSPS) is 17.7. The lowest BCUT2D eigenvalue weighted by Crippen LogP contribution is -2.34. The fourth-order valence-corrected chi connectivity index (χ4v) is 3.22. The van der Waals surface area contributed by atoms with E-state index in [0.717, 1.165) is 24.1 Å². The van der Waals surface area contributed by atoms with Gasteiger partial charge in [0, 0.05) is 17.6 Å². The van der Waals surface area contributed by atoms with Gasteiger partial charge in [0.1, 0.15) is 6.10 Å². The molecule has 4 rings (SSSR count). The van der Waals surface area contributed by atoms with Crippen molar-refractivity contribution in [1.82, 2.24) is 25.1 Å². The molecule has 0 bridgehead atoms. The van der Waals surface area contributed by atoms with Gasteiger partial charge in [-0.1, -0.05) is 0 Å². The molecule has 23 heavy (non-hydrogen) atoms. The maximum absolute atomic E-state index is 12.0. The predicted molar refractivity (Wildman–Crippen MR) is 84.9 cm³/mol. The van der Waals surface area contributed by atoms with Gasteiger partial charge in [0.15, 0.2) is 11.5 Å². The van der Waals surface area contributed by atoms with Crippen LogP contribution >= 0.6 is 11.3 Å². The van der Waals surface area contributed by atoms with Crippen LogP contribution in [0.2, 0.25) is 0 Å². The van der Waals surface area contributed by atoms with E-state index in [2.05, 4.69) is 20.6 Å². The zero-order chi connectivity index (χ0) is 15.6. The smallest absolute Gasteiger partial charge is 0.249 e. The summed E-state index contributed by atoms with van der Waals surface area (Å²) < 4.78 is 7.04. The van der Waals surface area contributed by atoms with Crippen LogP contribution in [0.1, 0.15) is 18.7 Å². The van der Waals surface area contributed by atoms with Crippen LogP contribution in [-0.2, 0) is 16.1 Å². The number of nitrogens with zero attached hydrogens (tertiary/aromatic N) is 4. The van der Waals surface area contributed by atoms with Gasteiger partial charge in [0.05, 0.1) is 12.2 Å². The van der Waals surface area contributed by atoms with Gasteiger partial charge in [-0.05, 0) is 36.4 Å². The van der Waals surface area contributed by atoms with Crippen LogP contribution in [0.5, 0.6) is 0 Å². The molecule has 1 atom stereocenters. The summed E-state index contributed by atoms with van der Waals surface area (Å²) in [5.41, 5.74) is 2.57. The number of rotatable bonds is 4. The number of fused-ring (bicyclic) bond motifs is 1. The molecule has 3 aromatic heterocycles. The molecule has 118 valence electrons. The Hall–Kier alpha value is -2.32. The van der Waals surface area contributed by atoms with E-state index in [1.54, 1.807) is 15.9 Å². The summed E-state index contributed by atoms with van der Waals surface area (Å²) in [5, 5.41) is 19.7. The second kappa shape index (κ2) is 6.05. The lowest BCUT2D eigenvalue weighted by molar-refractivity contribution is -0.130. The molecule has 8 heteroatoms. The molecule has 0 radical (unpaired) electrons. The van der Waals surface area contributed by atoms with Crippen molar-refractivity contribution < 1.29 is 9.53 Å². The monoisotopic (exact) mass is 329 g/mol. The zero-order valence-corrected chi connectivity index (χ0v) is 13.1. The van der Waals surface area contributed by atoms with Crippen LogP contribution in [0.4, 0.5) is 0 Å². The van der Waals surface area contributed by atoms with Gasteiger partial charge in [-0.2, -0.15) is 21.0 Å². The molecule has 7 nitrogen and oxygen atoms in total. The topological polar surface area (TPSA) is 81.4 Å². The Balaban J connectivity index is 1.55. The van der Waals surface area contributed by atoms with E-state index in [1.807, 2.05) is 29.0 Å². The number of carbonyl (C=O) groups is 1. The number of ether oxygens (including phenoxy) is 1. The molecule has 0 aromatic carbocycles. The predicted octanol–water partition coefficient (Wildman–Crippen LogP) is 1.65. The molecule has 0 spiro atoms. The molecule has 1 N–H and O–H groups in total. The maximum atomic E-state index is 12.0. The van der Waals surface area contributed by atoms with Crippen LogP contribution in [0.15, 0.2) is 29.0 Å². The summed E-state index contributed by atoms with van der Waals surface area (Å²) in [6.07, 6.45) is 1.35. The Kier molecular flexibility index (Phi) is 3.76. The first-order valence-corrected chi connectivity index (χ1v) is 8.39. The Morgan fingerprint density at radius 2 is 2.35 bits per heavy atom. The van der Waals surface area contributed by atoms with Crippen molar-refractivity contribution >= 4 is 22.9 Å². The summed E-state index contributed by atoms with van der Waals surface area (Å²) >= 11 is 1.62. The Bertz CT molecular complexity index is 824. The first-order valence-electron chi connectivity index (χ1n) is 7.44. The third-order valence-electron chi connectivity index (χ3n) is 3.79. The van der Waals surface area contributed by atoms with Crippen molar-refractivity contribution in [3.8, 4) is 11.3 Å². The van der Waals surface area contributed by atoms with Crippen molar-refractivity contribution in [3.05, 3.63) is 34.8 Å². The van der Waals surface area contributed by atoms with Crippen LogP contribution in [-0.4, -0.2) is 38.4 Å². The van der Waals surface area contributed by atoms with E-state index in [0.29, 0.717) is 18.1 Å². The summed E-state index contributed by atoms with van der Waals surface area (Å²) in [4.78, 5) is 12.0. The fourth-order valence-electron chi connectivity index (χ4n) is 2.57. The lowest BCUT2D eigenvalue weighted by atomic mass is 10.2. The van der Waals surface area contributed by atoms with E-state index in [1.165, 1.54) is 0 Å². The number of carbonyl (C=O) groups excluding carboxylic acids is 1. The lowest BCUT2D eigenvalue weighted by Gasteiger charge is -2.09. The van der Waals surface area contributed by atoms with Crippen molar-refractivity contribution in [1.29, 1.82) is 0 Å². The fraction of sp³-hybridized carbons (Fsp3) is 0.333. The molecule has 1 amide bonds. The highest BCUT2D eigenvalue weighted by atomic mass is 32.1. The number of hydrogen-bond donors (Lipinski definition) is 1. The van der Waals surface area contributed by atoms with E-state index < -0.39 is 0 Å². The highest BCUT2D eigenvalue weighted by Crippen LogP contribution is 2.20. The Morgan fingerprint density at radius 3 is 3.13 bits per heavy atom. The number of nitrogens with one attached hydrogen (secondary N) is 1. The SMILES string of the molecule is O=C(NCc1nnc2ccc(-c3ccsc3)nn12)[C@H]1CCCO1. The molecule has 1 aliphatic rings. The van der Waals surface area contributed by atoms with E-state index in [4.69, 9.17) is 4.74 Å². The van der Waals surface area contributed by atoms with Crippen molar-refractivity contribution in [2.75, 3.05) is 6.61 Å². The Morgan fingerprint density at radius 1 is 1.39 bits per heavy atom. The molecular formula is C15H15N5O2S. The molecule has 0 saturated carbocycles. The third kappa shape index (κ3) is 2.82. The van der Waals surface area contributed by atoms with Gasteiger partial charge in [-0.3, -0.25) is 4.79 Å². The van der Waals surface area contributed by atoms with Gasteiger partial charge in [0.25, 0.3) is 0 Å². The quantitative estimate of drug-likeness (QED) is 0.787. The van der Waals surface area contributed by atoms with Gasteiger partial charge < -0.3 is 10.1 Å². The number of thiophene rings is 1. The van der Waals surface area contributed by atoms with Crippen LogP contribution < -0.4 is 5.32 Å². The number of aromatic nitrogens is 4. The molecule has 1 aliphatic heterocycles. The van der Waals surface area contributed by atoms with Crippen molar-refractivity contribution in [3.63, 3.8) is 0 Å². The second-order valence-corrected chi connectivity index (χ2v) is 6.12. The van der Waals surface area contributed by atoms with Crippen molar-refractivity contribution in [2.45, 2.75) is 25.5 Å². The minimum atomic E-state index is -0.344. The molecule has 1 saturated heterocycles. The molecule has 4 heterocycles. The third-order valence-corrected chi connectivity index (χ3v) is 4.47. The van der Waals surface area contributed by atoms with E-state index in [-0.39, 0.29) is 18.6 Å². The second-order valence-electron chi connectivity index (χ2n) is 5.34. The summed E-state index contributed by atoms with van der Waals surface area (Å²) in [5.74, 6) is 0.497. The molecule has 0 unspecified atom stereocenters. The van der Waals surface area contributed by atoms with Gasteiger partial charge in [-0.15, -0.1) is 10.2 Å². The molecule has 3 aromatic rings. The number of amides is 1. The highest BCUT2D eigenvalue weighted by Gasteiger charge is 2.23. The standard InChI is InChI=1S/C15H15N5O2S/c21-15(12-2-1-6-22-12)16-8-14-18-17-13-4-3-11(19-20(13)14)10-5-7-23-9-10/h3-5,7,9,12H,1-2,6,8H2,(H,16,21)/t12-/m1/s1. The minimum Gasteiger partial charge on any atom is -0.368 e. The van der Waals surface area contributed by atoms with Gasteiger partial charge in [-0.25, -0.2) is 0 Å². The van der Waals surface area contributed by atoms with E-state index in [9.17, 15) is 4.79 Å². The van der Waals surface area contributed by atoms with Gasteiger partial charge in [0.2, 0.25) is 5.91 Å². The van der Waals surface area contributed by atoms with Crippen molar-refractivity contribution in [2.24, 2.45) is 0 Å². The van der Waals surface area contributed by atoms with Crippen LogP contribution in [0.25, 0.3) is 16.9 Å². The first-order chi connectivity index (χ1) is 11.3. The zero-order valence-electron chi connectivity index (χ0n) is 12.3. The first kappa shape index (κ1) is 14.3. The highest BCUT2D eigenvalue weighted by molar-refractivity contribution is 7.08. The average Bonchev–Trinajstić information content (AvgIpc) is 3.33. The molecule has 1 fully saturated rings. The molecular weight excluding hydrogens is 314 g/mol. The number of hydrogen-bond acceptors (Lipinski definition) is 6. The Labute approximate surface area is 136 Å². The summed E-state index contributed by atoms with van der Waals surface area (Å²) in [6, 6.07) is 5.81. The average molecular weight is 329 g/mol. The van der Waals surface area contributed by atoms with E-state index >= 15 is 0 Å². The van der Waals surface area contributed by atoms with Crippen LogP contribution in [0, 0.1) is 0 Å². The minimum absolute atomic E-state index is 0.103. The summed E-state index contributed by atoms with van der Waals surface area (Å²) in [7, 11) is 0. The largest absolute Gasteiger partial charge is 0.368 e.